The highest BCUT2D eigenvalue weighted by molar-refractivity contribution is 8.00. The van der Waals surface area contributed by atoms with E-state index < -0.39 is 0 Å². The van der Waals surface area contributed by atoms with Crippen LogP contribution in [-0.4, -0.2) is 11.8 Å². The maximum atomic E-state index is 6.04. The fraction of sp³-hybridized carbons (Fsp3) is 0.600. The van der Waals surface area contributed by atoms with Crippen LogP contribution in [0.1, 0.15) is 44.1 Å². The van der Waals surface area contributed by atoms with Crippen LogP contribution in [0.2, 0.25) is 0 Å². The van der Waals surface area contributed by atoms with Crippen LogP contribution in [0.15, 0.2) is 29.2 Å². The second-order valence-corrected chi connectivity index (χ2v) is 6.85. The number of benzene rings is 1. The van der Waals surface area contributed by atoms with E-state index in [4.69, 9.17) is 5.73 Å². The molecule has 2 N–H and O–H groups in total. The second-order valence-electron chi connectivity index (χ2n) is 5.50. The molecule has 2 heteroatoms. The third-order valence-electron chi connectivity index (χ3n) is 4.51. The van der Waals surface area contributed by atoms with Crippen molar-refractivity contribution in [3.63, 3.8) is 0 Å². The summed E-state index contributed by atoms with van der Waals surface area (Å²) in [5.41, 5.74) is 7.88. The summed E-state index contributed by atoms with van der Waals surface area (Å²) in [5, 5.41) is 0.867. The molecule has 92 valence electrons. The van der Waals surface area contributed by atoms with E-state index in [0.29, 0.717) is 5.41 Å². The highest BCUT2D eigenvalue weighted by Gasteiger charge is 2.39. The monoisotopic (exact) mass is 247 g/mol. The van der Waals surface area contributed by atoms with Crippen molar-refractivity contribution in [2.24, 2.45) is 5.73 Å². The van der Waals surface area contributed by atoms with Crippen molar-refractivity contribution in [2.75, 3.05) is 6.54 Å². The Kier molecular flexibility index (Phi) is 3.18. The number of hydrogen-bond acceptors (Lipinski definition) is 2. The van der Waals surface area contributed by atoms with Crippen molar-refractivity contribution >= 4 is 11.8 Å². The fourth-order valence-electron chi connectivity index (χ4n) is 2.86. The SMILES string of the molecule is NCC1(c2ccccc2SC2CCC2)CCC1. The summed E-state index contributed by atoms with van der Waals surface area (Å²) in [6.07, 6.45) is 8.13. The molecule has 2 aliphatic rings. The lowest BCUT2D eigenvalue weighted by atomic mass is 9.64. The maximum absolute atomic E-state index is 6.04. The van der Waals surface area contributed by atoms with Crippen molar-refractivity contribution < 1.29 is 0 Å². The van der Waals surface area contributed by atoms with Gasteiger partial charge in [-0.3, -0.25) is 0 Å². The molecule has 0 radical (unpaired) electrons. The van der Waals surface area contributed by atoms with Gasteiger partial charge in [0, 0.05) is 22.1 Å². The molecule has 0 aliphatic heterocycles. The molecule has 0 saturated heterocycles. The molecule has 0 spiro atoms. The lowest BCUT2D eigenvalue weighted by molar-refractivity contribution is 0.249. The van der Waals surface area contributed by atoms with Gasteiger partial charge in [0.1, 0.15) is 0 Å². The van der Waals surface area contributed by atoms with E-state index in [-0.39, 0.29) is 0 Å². The zero-order chi connectivity index (χ0) is 11.7. The molecule has 0 heterocycles. The first-order chi connectivity index (χ1) is 8.34. The standard InChI is InChI=1S/C15H21NS/c16-11-15(9-4-10-15)13-7-1-2-8-14(13)17-12-5-3-6-12/h1-2,7-8,12H,3-6,9-11,16H2. The Bertz CT molecular complexity index is 388. The Labute approximate surface area is 108 Å². The van der Waals surface area contributed by atoms with Crippen molar-refractivity contribution in [1.29, 1.82) is 0 Å². The van der Waals surface area contributed by atoms with E-state index in [2.05, 4.69) is 36.0 Å². The van der Waals surface area contributed by atoms with E-state index >= 15 is 0 Å². The molecule has 2 fully saturated rings. The molecule has 1 aromatic carbocycles. The molecule has 2 saturated carbocycles. The van der Waals surface area contributed by atoms with Gasteiger partial charge in [-0.2, -0.15) is 0 Å². The molecule has 1 aromatic rings. The maximum Gasteiger partial charge on any atom is 0.0113 e. The van der Waals surface area contributed by atoms with Gasteiger partial charge in [0.2, 0.25) is 0 Å². The summed E-state index contributed by atoms with van der Waals surface area (Å²) in [5.74, 6) is 0. The van der Waals surface area contributed by atoms with Crippen LogP contribution in [0.25, 0.3) is 0 Å². The van der Waals surface area contributed by atoms with Crippen molar-refractivity contribution in [3.05, 3.63) is 29.8 Å². The van der Waals surface area contributed by atoms with Crippen LogP contribution in [0, 0.1) is 0 Å². The molecule has 17 heavy (non-hydrogen) atoms. The zero-order valence-corrected chi connectivity index (χ0v) is 11.1. The van der Waals surface area contributed by atoms with E-state index in [1.807, 2.05) is 0 Å². The van der Waals surface area contributed by atoms with Gasteiger partial charge in [0.15, 0.2) is 0 Å². The van der Waals surface area contributed by atoms with Gasteiger partial charge in [-0.15, -0.1) is 11.8 Å². The van der Waals surface area contributed by atoms with Crippen LogP contribution in [0.5, 0.6) is 0 Å². The fourth-order valence-corrected chi connectivity index (χ4v) is 4.36. The largest absolute Gasteiger partial charge is 0.330 e. The molecule has 0 bridgehead atoms. The first kappa shape index (κ1) is 11.6. The van der Waals surface area contributed by atoms with Crippen LogP contribution in [0.3, 0.4) is 0 Å². The first-order valence-electron chi connectivity index (χ1n) is 6.80. The minimum atomic E-state index is 0.313. The predicted molar refractivity (Wildman–Crippen MR) is 74.5 cm³/mol. The summed E-state index contributed by atoms with van der Waals surface area (Å²) in [4.78, 5) is 1.50. The van der Waals surface area contributed by atoms with E-state index in [0.717, 1.165) is 11.8 Å². The normalized spacial score (nSPS) is 22.9. The third kappa shape index (κ3) is 2.02. The van der Waals surface area contributed by atoms with Gasteiger partial charge in [-0.1, -0.05) is 31.0 Å². The number of hydrogen-bond donors (Lipinski definition) is 1. The molecule has 0 atom stereocenters. The van der Waals surface area contributed by atoms with Gasteiger partial charge < -0.3 is 5.73 Å². The van der Waals surface area contributed by atoms with E-state index in [1.54, 1.807) is 0 Å². The topological polar surface area (TPSA) is 26.0 Å². The molecular weight excluding hydrogens is 226 g/mol. The minimum absolute atomic E-state index is 0.313. The first-order valence-corrected chi connectivity index (χ1v) is 7.68. The lowest BCUT2D eigenvalue weighted by Gasteiger charge is -2.43. The lowest BCUT2D eigenvalue weighted by Crippen LogP contribution is -2.42. The molecule has 1 nitrogen and oxygen atoms in total. The average molecular weight is 247 g/mol. The number of thioether (sulfide) groups is 1. The molecule has 2 aliphatic carbocycles. The third-order valence-corrected chi connectivity index (χ3v) is 5.92. The van der Waals surface area contributed by atoms with Crippen molar-refractivity contribution in [3.8, 4) is 0 Å². The summed E-state index contributed by atoms with van der Waals surface area (Å²) in [6.45, 7) is 0.815. The average Bonchev–Trinajstić information content (AvgIpc) is 2.24. The molecule has 0 amide bonds. The quantitative estimate of drug-likeness (QED) is 0.877. The Hall–Kier alpha value is -0.470. The van der Waals surface area contributed by atoms with Crippen LogP contribution >= 0.6 is 11.8 Å². The summed E-state index contributed by atoms with van der Waals surface area (Å²) in [6, 6.07) is 8.96. The zero-order valence-electron chi connectivity index (χ0n) is 10.3. The number of rotatable bonds is 4. The summed E-state index contributed by atoms with van der Waals surface area (Å²) in [7, 11) is 0. The van der Waals surface area contributed by atoms with Crippen molar-refractivity contribution in [1.82, 2.24) is 0 Å². The summed E-state index contributed by atoms with van der Waals surface area (Å²) >= 11 is 2.09. The minimum Gasteiger partial charge on any atom is -0.330 e. The molecule has 0 unspecified atom stereocenters. The molecule has 3 rings (SSSR count). The number of nitrogens with two attached hydrogens (primary N) is 1. The van der Waals surface area contributed by atoms with Crippen molar-refractivity contribution in [2.45, 2.75) is 54.1 Å². The Morgan fingerprint density at radius 2 is 1.94 bits per heavy atom. The summed E-state index contributed by atoms with van der Waals surface area (Å²) < 4.78 is 0. The van der Waals surface area contributed by atoms with Crippen LogP contribution in [-0.2, 0) is 5.41 Å². The smallest absolute Gasteiger partial charge is 0.0113 e. The van der Waals surface area contributed by atoms with Gasteiger partial charge in [-0.05, 0) is 37.3 Å². The highest BCUT2D eigenvalue weighted by Crippen LogP contribution is 2.48. The van der Waals surface area contributed by atoms with E-state index in [1.165, 1.54) is 49.0 Å². The Balaban J connectivity index is 1.86. The second kappa shape index (κ2) is 4.66. The highest BCUT2D eigenvalue weighted by atomic mass is 32.2. The van der Waals surface area contributed by atoms with Crippen LogP contribution in [0.4, 0.5) is 0 Å². The van der Waals surface area contributed by atoms with Gasteiger partial charge in [-0.25, -0.2) is 0 Å². The van der Waals surface area contributed by atoms with Gasteiger partial charge in [0.05, 0.1) is 0 Å². The molecular formula is C15H21NS. The predicted octanol–water partition coefficient (Wildman–Crippen LogP) is 3.71. The van der Waals surface area contributed by atoms with E-state index in [9.17, 15) is 0 Å². The molecule has 0 aromatic heterocycles. The Morgan fingerprint density at radius 3 is 2.47 bits per heavy atom. The van der Waals surface area contributed by atoms with Gasteiger partial charge >= 0.3 is 0 Å². The van der Waals surface area contributed by atoms with Crippen LogP contribution < -0.4 is 5.73 Å². The van der Waals surface area contributed by atoms with Gasteiger partial charge in [0.25, 0.3) is 0 Å². The Morgan fingerprint density at radius 1 is 1.18 bits per heavy atom.